The lowest BCUT2D eigenvalue weighted by Gasteiger charge is -2.20. The zero-order valence-electron chi connectivity index (χ0n) is 19.9. The SMILES string of the molecule is Cc1ccc(OCCCNC(=O)OC(C)(C)C)c(OCCCNC(=O)OC(C)(C)C)c1. The normalized spacial score (nSPS) is 11.5. The number of aryl methyl sites for hydroxylation is 1. The Morgan fingerprint density at radius 2 is 1.23 bits per heavy atom. The first-order valence-corrected chi connectivity index (χ1v) is 10.7. The van der Waals surface area contributed by atoms with Gasteiger partial charge in [0, 0.05) is 13.1 Å². The number of alkyl carbamates (subject to hydrolysis) is 2. The molecular weight excluding hydrogens is 400 g/mol. The van der Waals surface area contributed by atoms with E-state index in [0.717, 1.165) is 5.56 Å². The third-order valence-electron chi connectivity index (χ3n) is 3.59. The van der Waals surface area contributed by atoms with Gasteiger partial charge in [0.25, 0.3) is 0 Å². The predicted octanol–water partition coefficient (Wildman–Crippen LogP) is 4.58. The van der Waals surface area contributed by atoms with E-state index in [1.165, 1.54) is 0 Å². The average molecular weight is 439 g/mol. The quantitative estimate of drug-likeness (QED) is 0.519. The maximum Gasteiger partial charge on any atom is 0.407 e. The van der Waals surface area contributed by atoms with Gasteiger partial charge in [-0.3, -0.25) is 0 Å². The molecule has 0 unspecified atom stereocenters. The van der Waals surface area contributed by atoms with Gasteiger partial charge in [-0.1, -0.05) is 6.07 Å². The molecule has 2 amide bonds. The molecule has 0 atom stereocenters. The van der Waals surface area contributed by atoms with Gasteiger partial charge in [0.2, 0.25) is 0 Å². The van der Waals surface area contributed by atoms with Gasteiger partial charge in [-0.2, -0.15) is 0 Å². The second-order valence-corrected chi connectivity index (χ2v) is 9.21. The van der Waals surface area contributed by atoms with Crippen LogP contribution in [0, 0.1) is 6.92 Å². The molecule has 0 aliphatic carbocycles. The fraction of sp³-hybridized carbons (Fsp3) is 0.652. The van der Waals surface area contributed by atoms with Crippen LogP contribution in [-0.4, -0.2) is 49.7 Å². The lowest BCUT2D eigenvalue weighted by Crippen LogP contribution is -2.33. The number of carbonyl (C=O) groups is 2. The van der Waals surface area contributed by atoms with Crippen LogP contribution >= 0.6 is 0 Å². The number of ether oxygens (including phenoxy) is 4. The summed E-state index contributed by atoms with van der Waals surface area (Å²) >= 11 is 0. The Hall–Kier alpha value is -2.64. The number of hydrogen-bond acceptors (Lipinski definition) is 6. The molecule has 0 radical (unpaired) electrons. The number of amides is 2. The minimum Gasteiger partial charge on any atom is -0.490 e. The highest BCUT2D eigenvalue weighted by molar-refractivity contribution is 5.67. The predicted molar refractivity (Wildman–Crippen MR) is 120 cm³/mol. The van der Waals surface area contributed by atoms with E-state index in [9.17, 15) is 9.59 Å². The highest BCUT2D eigenvalue weighted by atomic mass is 16.6. The second-order valence-electron chi connectivity index (χ2n) is 9.21. The monoisotopic (exact) mass is 438 g/mol. The molecule has 0 aliphatic rings. The zero-order valence-corrected chi connectivity index (χ0v) is 19.9. The Morgan fingerprint density at radius 3 is 1.68 bits per heavy atom. The Labute approximate surface area is 186 Å². The Kier molecular flexibility index (Phi) is 10.4. The summed E-state index contributed by atoms with van der Waals surface area (Å²) in [7, 11) is 0. The molecule has 0 aliphatic heterocycles. The van der Waals surface area contributed by atoms with Crippen LogP contribution in [0.1, 0.15) is 59.9 Å². The molecule has 0 heterocycles. The number of rotatable bonds is 10. The summed E-state index contributed by atoms with van der Waals surface area (Å²) in [5.41, 5.74) is 0.0225. The zero-order chi connectivity index (χ0) is 23.5. The van der Waals surface area contributed by atoms with Crippen molar-refractivity contribution in [3.63, 3.8) is 0 Å². The van der Waals surface area contributed by atoms with E-state index in [4.69, 9.17) is 18.9 Å². The summed E-state index contributed by atoms with van der Waals surface area (Å²) in [6.45, 7) is 14.7. The van der Waals surface area contributed by atoms with Gasteiger partial charge in [-0.15, -0.1) is 0 Å². The molecule has 0 fully saturated rings. The molecule has 0 bridgehead atoms. The molecule has 2 N–H and O–H groups in total. The van der Waals surface area contributed by atoms with Gasteiger partial charge in [0.15, 0.2) is 11.5 Å². The van der Waals surface area contributed by atoms with E-state index in [1.54, 1.807) is 0 Å². The van der Waals surface area contributed by atoms with Gasteiger partial charge < -0.3 is 29.6 Å². The van der Waals surface area contributed by atoms with Gasteiger partial charge in [-0.05, 0) is 79.0 Å². The first-order chi connectivity index (χ1) is 14.4. The third kappa shape index (κ3) is 13.3. The van der Waals surface area contributed by atoms with Gasteiger partial charge >= 0.3 is 12.2 Å². The summed E-state index contributed by atoms with van der Waals surface area (Å²) in [5, 5.41) is 5.41. The van der Waals surface area contributed by atoms with Crippen LogP contribution in [0.5, 0.6) is 11.5 Å². The van der Waals surface area contributed by atoms with Crippen molar-refractivity contribution >= 4 is 12.2 Å². The molecule has 1 rings (SSSR count). The molecular formula is C23H38N2O6. The summed E-state index contributed by atoms with van der Waals surface area (Å²) in [4.78, 5) is 23.3. The number of nitrogens with one attached hydrogen (secondary N) is 2. The van der Waals surface area contributed by atoms with Gasteiger partial charge in [0.1, 0.15) is 11.2 Å². The largest absolute Gasteiger partial charge is 0.490 e. The van der Waals surface area contributed by atoms with E-state index in [-0.39, 0.29) is 0 Å². The van der Waals surface area contributed by atoms with Crippen molar-refractivity contribution in [2.45, 2.75) is 72.5 Å². The van der Waals surface area contributed by atoms with Crippen LogP contribution in [0.3, 0.4) is 0 Å². The van der Waals surface area contributed by atoms with Crippen LogP contribution in [0.15, 0.2) is 18.2 Å². The van der Waals surface area contributed by atoms with Crippen molar-refractivity contribution in [3.8, 4) is 11.5 Å². The van der Waals surface area contributed by atoms with E-state index in [0.29, 0.717) is 50.6 Å². The summed E-state index contributed by atoms with van der Waals surface area (Å²) in [6.07, 6.45) is 0.387. The lowest BCUT2D eigenvalue weighted by atomic mass is 10.2. The summed E-state index contributed by atoms with van der Waals surface area (Å²) < 4.78 is 22.0. The average Bonchev–Trinajstić information content (AvgIpc) is 2.59. The van der Waals surface area contributed by atoms with Crippen LogP contribution in [-0.2, 0) is 9.47 Å². The molecule has 0 saturated heterocycles. The summed E-state index contributed by atoms with van der Waals surface area (Å²) in [6, 6.07) is 5.73. The molecule has 0 saturated carbocycles. The minimum absolute atomic E-state index is 0.426. The highest BCUT2D eigenvalue weighted by Gasteiger charge is 2.16. The Morgan fingerprint density at radius 1 is 0.774 bits per heavy atom. The standard InChI is InChI=1S/C23H38N2O6/c1-17-10-11-18(28-14-8-12-24-20(26)30-22(2,3)4)19(16-17)29-15-9-13-25-21(27)31-23(5,6)7/h10-11,16H,8-9,12-15H2,1-7H3,(H,24,26)(H,25,27). The van der Waals surface area contributed by atoms with E-state index >= 15 is 0 Å². The van der Waals surface area contributed by atoms with Crippen molar-refractivity contribution in [2.24, 2.45) is 0 Å². The summed E-state index contributed by atoms with van der Waals surface area (Å²) in [5.74, 6) is 1.29. The number of hydrogen-bond donors (Lipinski definition) is 2. The van der Waals surface area contributed by atoms with Crippen molar-refractivity contribution in [1.82, 2.24) is 10.6 Å². The molecule has 0 aromatic heterocycles. The molecule has 1 aromatic carbocycles. The van der Waals surface area contributed by atoms with Crippen molar-refractivity contribution in [1.29, 1.82) is 0 Å². The Balaban J connectivity index is 2.34. The lowest BCUT2D eigenvalue weighted by molar-refractivity contribution is 0.0513. The van der Waals surface area contributed by atoms with Crippen LogP contribution < -0.4 is 20.1 Å². The Bertz CT molecular complexity index is 707. The fourth-order valence-corrected chi connectivity index (χ4v) is 2.37. The molecule has 176 valence electrons. The van der Waals surface area contributed by atoms with E-state index < -0.39 is 23.4 Å². The maximum absolute atomic E-state index is 11.6. The first-order valence-electron chi connectivity index (χ1n) is 10.7. The van der Waals surface area contributed by atoms with Crippen molar-refractivity contribution in [3.05, 3.63) is 23.8 Å². The van der Waals surface area contributed by atoms with Crippen molar-refractivity contribution in [2.75, 3.05) is 26.3 Å². The van der Waals surface area contributed by atoms with Crippen LogP contribution in [0.2, 0.25) is 0 Å². The van der Waals surface area contributed by atoms with Gasteiger partial charge in [0.05, 0.1) is 13.2 Å². The van der Waals surface area contributed by atoms with E-state index in [2.05, 4.69) is 10.6 Å². The van der Waals surface area contributed by atoms with Crippen molar-refractivity contribution < 1.29 is 28.5 Å². The van der Waals surface area contributed by atoms with E-state index in [1.807, 2.05) is 66.7 Å². The topological polar surface area (TPSA) is 95.1 Å². The third-order valence-corrected chi connectivity index (χ3v) is 3.59. The number of carbonyl (C=O) groups excluding carboxylic acids is 2. The molecule has 1 aromatic rings. The van der Waals surface area contributed by atoms with Crippen LogP contribution in [0.4, 0.5) is 9.59 Å². The number of benzene rings is 1. The fourth-order valence-electron chi connectivity index (χ4n) is 2.37. The second kappa shape index (κ2) is 12.3. The molecule has 31 heavy (non-hydrogen) atoms. The molecule has 8 heteroatoms. The highest BCUT2D eigenvalue weighted by Crippen LogP contribution is 2.28. The molecule has 0 spiro atoms. The minimum atomic E-state index is -0.517. The van der Waals surface area contributed by atoms with Crippen LogP contribution in [0.25, 0.3) is 0 Å². The van der Waals surface area contributed by atoms with Gasteiger partial charge in [-0.25, -0.2) is 9.59 Å². The smallest absolute Gasteiger partial charge is 0.407 e. The maximum atomic E-state index is 11.6. The molecule has 8 nitrogen and oxygen atoms in total. The first kappa shape index (κ1) is 26.4.